The maximum atomic E-state index is 12.5. The van der Waals surface area contributed by atoms with E-state index in [1.807, 2.05) is 30.3 Å². The molecule has 2 amide bonds. The molecular formula is C19H17N7O3. The van der Waals surface area contributed by atoms with E-state index in [9.17, 15) is 14.7 Å². The quantitative estimate of drug-likeness (QED) is 0.332. The molecule has 0 aliphatic carbocycles. The van der Waals surface area contributed by atoms with Gasteiger partial charge in [-0.1, -0.05) is 30.3 Å². The number of aromatic amines is 2. The van der Waals surface area contributed by atoms with Crippen molar-refractivity contribution < 1.29 is 14.7 Å². The zero-order valence-corrected chi connectivity index (χ0v) is 15.1. The number of benzene rings is 2. The molecule has 2 heterocycles. The number of aromatic nitrogens is 5. The summed E-state index contributed by atoms with van der Waals surface area (Å²) in [4.78, 5) is 24.9. The number of rotatable bonds is 6. The van der Waals surface area contributed by atoms with Crippen LogP contribution >= 0.6 is 0 Å². The molecule has 0 bridgehead atoms. The largest absolute Gasteiger partial charge is 0.394 e. The fraction of sp³-hybridized carbons (Fsp3) is 0.105. The SMILES string of the molecule is O=C(NC(CO)C(=O)Nc1cc(-c2ccccc2)[nH]n1)c1ccc2n[nH]nc2c1. The second-order valence-electron chi connectivity index (χ2n) is 6.26. The van der Waals surface area contributed by atoms with Gasteiger partial charge in [0.1, 0.15) is 17.1 Å². The molecule has 0 saturated carbocycles. The van der Waals surface area contributed by atoms with Crippen molar-refractivity contribution in [3.05, 3.63) is 60.2 Å². The molecule has 0 radical (unpaired) electrons. The predicted molar refractivity (Wildman–Crippen MR) is 105 cm³/mol. The van der Waals surface area contributed by atoms with E-state index in [0.717, 1.165) is 11.3 Å². The van der Waals surface area contributed by atoms with Crippen molar-refractivity contribution in [3.63, 3.8) is 0 Å². The van der Waals surface area contributed by atoms with Crippen molar-refractivity contribution in [1.82, 2.24) is 30.9 Å². The molecule has 2 aromatic heterocycles. The fourth-order valence-corrected chi connectivity index (χ4v) is 2.78. The first-order valence-corrected chi connectivity index (χ1v) is 8.78. The Labute approximate surface area is 164 Å². The maximum absolute atomic E-state index is 12.5. The van der Waals surface area contributed by atoms with E-state index in [1.54, 1.807) is 24.3 Å². The first-order chi connectivity index (χ1) is 14.1. The van der Waals surface area contributed by atoms with E-state index in [0.29, 0.717) is 16.6 Å². The van der Waals surface area contributed by atoms with Crippen LogP contribution in [-0.4, -0.2) is 55.2 Å². The smallest absolute Gasteiger partial charge is 0.252 e. The standard InChI is InChI=1S/C19H17N7O3/c27-10-16(20-18(28)12-6-7-13-15(8-12)24-26-23-13)19(29)21-17-9-14(22-25-17)11-4-2-1-3-5-11/h1-9,16,27H,10H2,(H,20,28)(H,23,24,26)(H2,21,22,25,29). The third-order valence-corrected chi connectivity index (χ3v) is 4.30. The minimum absolute atomic E-state index is 0.283. The van der Waals surface area contributed by atoms with Crippen LogP contribution in [0.1, 0.15) is 10.4 Å². The van der Waals surface area contributed by atoms with Crippen molar-refractivity contribution in [2.24, 2.45) is 0 Å². The lowest BCUT2D eigenvalue weighted by molar-refractivity contribution is -0.118. The molecule has 146 valence electrons. The number of amides is 2. The van der Waals surface area contributed by atoms with E-state index in [2.05, 4.69) is 36.2 Å². The highest BCUT2D eigenvalue weighted by atomic mass is 16.3. The summed E-state index contributed by atoms with van der Waals surface area (Å²) >= 11 is 0. The Bertz CT molecular complexity index is 1150. The van der Waals surface area contributed by atoms with Crippen LogP contribution in [0.4, 0.5) is 5.82 Å². The highest BCUT2D eigenvalue weighted by Gasteiger charge is 2.22. The molecule has 10 nitrogen and oxygen atoms in total. The summed E-state index contributed by atoms with van der Waals surface area (Å²) in [6.45, 7) is -0.570. The zero-order valence-electron chi connectivity index (χ0n) is 15.1. The van der Waals surface area contributed by atoms with Gasteiger partial charge in [0, 0.05) is 11.6 Å². The van der Waals surface area contributed by atoms with Crippen molar-refractivity contribution in [3.8, 4) is 11.3 Å². The first-order valence-electron chi connectivity index (χ1n) is 8.78. The molecular weight excluding hydrogens is 374 g/mol. The van der Waals surface area contributed by atoms with Gasteiger partial charge in [-0.2, -0.15) is 20.5 Å². The van der Waals surface area contributed by atoms with Crippen molar-refractivity contribution in [2.75, 3.05) is 11.9 Å². The number of hydrogen-bond donors (Lipinski definition) is 5. The van der Waals surface area contributed by atoms with E-state index in [-0.39, 0.29) is 5.82 Å². The molecule has 4 rings (SSSR count). The van der Waals surface area contributed by atoms with Crippen LogP contribution < -0.4 is 10.6 Å². The van der Waals surface area contributed by atoms with Gasteiger partial charge in [-0.25, -0.2) is 0 Å². The Morgan fingerprint density at radius 3 is 2.59 bits per heavy atom. The van der Waals surface area contributed by atoms with Gasteiger partial charge in [0.15, 0.2) is 5.82 Å². The van der Waals surface area contributed by atoms with Gasteiger partial charge >= 0.3 is 0 Å². The summed E-state index contributed by atoms with van der Waals surface area (Å²) in [6.07, 6.45) is 0. The Morgan fingerprint density at radius 1 is 1.00 bits per heavy atom. The van der Waals surface area contributed by atoms with Crippen LogP contribution in [0.15, 0.2) is 54.6 Å². The van der Waals surface area contributed by atoms with Crippen LogP contribution in [0, 0.1) is 0 Å². The minimum atomic E-state index is -1.15. The number of aliphatic hydroxyl groups is 1. The van der Waals surface area contributed by atoms with Crippen molar-refractivity contribution >= 4 is 28.7 Å². The average Bonchev–Trinajstić information content (AvgIpc) is 3.41. The summed E-state index contributed by atoms with van der Waals surface area (Å²) in [5.74, 6) is -0.823. The molecule has 0 fully saturated rings. The Morgan fingerprint density at radius 2 is 1.79 bits per heavy atom. The van der Waals surface area contributed by atoms with Crippen LogP contribution in [0.2, 0.25) is 0 Å². The summed E-state index contributed by atoms with van der Waals surface area (Å²) < 4.78 is 0. The normalized spacial score (nSPS) is 11.9. The molecule has 1 atom stereocenters. The lowest BCUT2D eigenvalue weighted by Crippen LogP contribution is -2.46. The van der Waals surface area contributed by atoms with Crippen LogP contribution in [0.3, 0.4) is 0 Å². The second-order valence-corrected chi connectivity index (χ2v) is 6.26. The molecule has 4 aromatic rings. The maximum Gasteiger partial charge on any atom is 0.252 e. The number of fused-ring (bicyclic) bond motifs is 1. The van der Waals surface area contributed by atoms with E-state index in [1.165, 1.54) is 0 Å². The van der Waals surface area contributed by atoms with E-state index in [4.69, 9.17) is 0 Å². The number of nitrogens with zero attached hydrogens (tertiary/aromatic N) is 3. The number of anilines is 1. The van der Waals surface area contributed by atoms with Gasteiger partial charge in [0.25, 0.3) is 11.8 Å². The lowest BCUT2D eigenvalue weighted by Gasteiger charge is -2.15. The van der Waals surface area contributed by atoms with Crippen LogP contribution in [0.5, 0.6) is 0 Å². The van der Waals surface area contributed by atoms with Gasteiger partial charge in [0.05, 0.1) is 12.3 Å². The number of aliphatic hydroxyl groups excluding tert-OH is 1. The molecule has 0 saturated heterocycles. The average molecular weight is 391 g/mol. The van der Waals surface area contributed by atoms with E-state index >= 15 is 0 Å². The van der Waals surface area contributed by atoms with Crippen LogP contribution in [-0.2, 0) is 4.79 Å². The van der Waals surface area contributed by atoms with Gasteiger partial charge in [-0.05, 0) is 23.8 Å². The van der Waals surface area contributed by atoms with Gasteiger partial charge in [0.2, 0.25) is 0 Å². The summed E-state index contributed by atoms with van der Waals surface area (Å²) in [5, 5.41) is 31.8. The summed E-state index contributed by atoms with van der Waals surface area (Å²) in [6, 6.07) is 14.8. The highest BCUT2D eigenvalue weighted by molar-refractivity contribution is 6.02. The van der Waals surface area contributed by atoms with Gasteiger partial charge in [-0.3, -0.25) is 14.7 Å². The molecule has 5 N–H and O–H groups in total. The van der Waals surface area contributed by atoms with Crippen molar-refractivity contribution in [1.29, 1.82) is 0 Å². The number of nitrogens with one attached hydrogen (secondary N) is 4. The topological polar surface area (TPSA) is 149 Å². The number of hydrogen-bond acceptors (Lipinski definition) is 6. The third kappa shape index (κ3) is 3.96. The van der Waals surface area contributed by atoms with E-state index < -0.39 is 24.5 Å². The fourth-order valence-electron chi connectivity index (χ4n) is 2.78. The molecule has 2 aromatic carbocycles. The van der Waals surface area contributed by atoms with Gasteiger partial charge < -0.3 is 15.7 Å². The number of carbonyl (C=O) groups excluding carboxylic acids is 2. The zero-order chi connectivity index (χ0) is 20.2. The molecule has 0 aliphatic rings. The molecule has 10 heteroatoms. The molecule has 0 aliphatic heterocycles. The third-order valence-electron chi connectivity index (χ3n) is 4.30. The van der Waals surface area contributed by atoms with Crippen molar-refractivity contribution in [2.45, 2.75) is 6.04 Å². The predicted octanol–water partition coefficient (Wildman–Crippen LogP) is 1.08. The number of carbonyl (C=O) groups is 2. The molecule has 1 unspecified atom stereocenters. The molecule has 0 spiro atoms. The second kappa shape index (κ2) is 7.90. The summed E-state index contributed by atoms with van der Waals surface area (Å²) in [7, 11) is 0. The number of H-pyrrole nitrogens is 2. The van der Waals surface area contributed by atoms with Gasteiger partial charge in [-0.15, -0.1) is 0 Å². The van der Waals surface area contributed by atoms with Crippen LogP contribution in [0.25, 0.3) is 22.3 Å². The Kier molecular flexibility index (Phi) is 4.99. The first kappa shape index (κ1) is 18.3. The minimum Gasteiger partial charge on any atom is -0.394 e. The highest BCUT2D eigenvalue weighted by Crippen LogP contribution is 2.19. The Balaban J connectivity index is 1.43. The lowest BCUT2D eigenvalue weighted by atomic mass is 10.1. The Hall–Kier alpha value is -4.05. The molecule has 29 heavy (non-hydrogen) atoms. The monoisotopic (exact) mass is 391 g/mol. The summed E-state index contributed by atoms with van der Waals surface area (Å²) in [5.41, 5.74) is 3.07.